The molecule has 1 amide bonds. The van der Waals surface area contributed by atoms with Gasteiger partial charge < -0.3 is 10.4 Å². The van der Waals surface area contributed by atoms with Crippen molar-refractivity contribution in [3.05, 3.63) is 58.1 Å². The van der Waals surface area contributed by atoms with Gasteiger partial charge in [-0.2, -0.15) is 0 Å². The van der Waals surface area contributed by atoms with Crippen LogP contribution in [-0.2, 0) is 4.79 Å². The molecule has 0 fully saturated rings. The third-order valence-corrected chi connectivity index (χ3v) is 3.72. The van der Waals surface area contributed by atoms with Gasteiger partial charge in [-0.3, -0.25) is 4.79 Å². The Balaban J connectivity index is 2.01. The molecular weight excluding hydrogens is 288 g/mol. The number of hydrogen-bond donors (Lipinski definition) is 2. The second kappa shape index (κ2) is 6.81. The lowest BCUT2D eigenvalue weighted by molar-refractivity contribution is -0.131. The largest absolute Gasteiger partial charge is 0.478 e. The second-order valence-corrected chi connectivity index (χ2v) is 5.29. The van der Waals surface area contributed by atoms with Gasteiger partial charge in [-0.1, -0.05) is 12.1 Å². The molecule has 0 spiro atoms. The maximum absolute atomic E-state index is 12.1. The average Bonchev–Trinajstić information content (AvgIpc) is 3.00. The molecule has 0 saturated carbocycles. The monoisotopic (exact) mass is 302 g/mol. The minimum Gasteiger partial charge on any atom is -0.478 e. The number of thiazole rings is 1. The number of aliphatic carboxylic acids is 1. The highest BCUT2D eigenvalue weighted by atomic mass is 32.1. The molecular formula is C15H14N2O3S. The standard InChI is InChI=1S/C15H14N2O3S/c1-10(15-16-8-9-21-15)17-14(20)12-5-2-11(3-6-12)4-7-13(18)19/h2-10H,1H3,(H,17,20)(H,18,19). The van der Waals surface area contributed by atoms with Gasteiger partial charge in [0.15, 0.2) is 0 Å². The minimum atomic E-state index is -1.01. The van der Waals surface area contributed by atoms with E-state index >= 15 is 0 Å². The number of aromatic nitrogens is 1. The Morgan fingerprint density at radius 1 is 1.33 bits per heavy atom. The van der Waals surface area contributed by atoms with E-state index < -0.39 is 5.97 Å². The number of amides is 1. The first-order valence-corrected chi connectivity index (χ1v) is 7.15. The number of carboxylic acid groups (broad SMARTS) is 1. The molecule has 0 aliphatic carbocycles. The summed E-state index contributed by atoms with van der Waals surface area (Å²) in [5.41, 5.74) is 1.24. The summed E-state index contributed by atoms with van der Waals surface area (Å²) < 4.78 is 0. The normalized spacial score (nSPS) is 12.2. The molecule has 6 heteroatoms. The van der Waals surface area contributed by atoms with E-state index in [1.807, 2.05) is 12.3 Å². The van der Waals surface area contributed by atoms with Gasteiger partial charge in [0.05, 0.1) is 6.04 Å². The van der Waals surface area contributed by atoms with Crippen molar-refractivity contribution < 1.29 is 14.7 Å². The molecule has 0 saturated heterocycles. The molecule has 1 aromatic heterocycles. The first-order chi connectivity index (χ1) is 10.1. The smallest absolute Gasteiger partial charge is 0.328 e. The van der Waals surface area contributed by atoms with Crippen molar-refractivity contribution in [1.29, 1.82) is 0 Å². The number of nitrogens with zero attached hydrogens (tertiary/aromatic N) is 1. The van der Waals surface area contributed by atoms with Gasteiger partial charge in [0.25, 0.3) is 5.91 Å². The summed E-state index contributed by atoms with van der Waals surface area (Å²) in [5, 5.41) is 14.1. The van der Waals surface area contributed by atoms with Crippen molar-refractivity contribution in [3.63, 3.8) is 0 Å². The summed E-state index contributed by atoms with van der Waals surface area (Å²) in [6.45, 7) is 1.88. The van der Waals surface area contributed by atoms with E-state index in [9.17, 15) is 9.59 Å². The van der Waals surface area contributed by atoms with Crippen LogP contribution in [0.4, 0.5) is 0 Å². The number of benzene rings is 1. The van der Waals surface area contributed by atoms with Crippen LogP contribution in [0.15, 0.2) is 41.9 Å². The topological polar surface area (TPSA) is 79.3 Å². The van der Waals surface area contributed by atoms with Crippen LogP contribution < -0.4 is 5.32 Å². The maximum atomic E-state index is 12.1. The van der Waals surface area contributed by atoms with Crippen molar-refractivity contribution in [2.24, 2.45) is 0 Å². The van der Waals surface area contributed by atoms with Gasteiger partial charge in [-0.25, -0.2) is 9.78 Å². The predicted octanol–water partition coefficient (Wildman–Crippen LogP) is 2.73. The van der Waals surface area contributed by atoms with E-state index in [-0.39, 0.29) is 11.9 Å². The zero-order valence-corrected chi connectivity index (χ0v) is 12.1. The lowest BCUT2D eigenvalue weighted by atomic mass is 10.1. The van der Waals surface area contributed by atoms with Crippen molar-refractivity contribution in [3.8, 4) is 0 Å². The highest BCUT2D eigenvalue weighted by Crippen LogP contribution is 2.15. The number of carbonyl (C=O) groups is 2. The first kappa shape index (κ1) is 14.9. The lowest BCUT2D eigenvalue weighted by Gasteiger charge is -2.11. The summed E-state index contributed by atoms with van der Waals surface area (Å²) in [5.74, 6) is -1.19. The van der Waals surface area contributed by atoms with E-state index in [1.165, 1.54) is 17.4 Å². The summed E-state index contributed by atoms with van der Waals surface area (Å²) >= 11 is 1.49. The molecule has 0 aliphatic rings. The summed E-state index contributed by atoms with van der Waals surface area (Å²) in [7, 11) is 0. The second-order valence-electron chi connectivity index (χ2n) is 4.36. The van der Waals surface area contributed by atoms with Gasteiger partial charge in [0.1, 0.15) is 5.01 Å². The fraction of sp³-hybridized carbons (Fsp3) is 0.133. The molecule has 0 radical (unpaired) electrons. The lowest BCUT2D eigenvalue weighted by Crippen LogP contribution is -2.26. The predicted molar refractivity (Wildman–Crippen MR) is 81.1 cm³/mol. The van der Waals surface area contributed by atoms with Crippen molar-refractivity contribution in [2.75, 3.05) is 0 Å². The molecule has 1 unspecified atom stereocenters. The molecule has 1 heterocycles. The maximum Gasteiger partial charge on any atom is 0.328 e. The summed E-state index contributed by atoms with van der Waals surface area (Å²) in [4.78, 5) is 26.7. The highest BCUT2D eigenvalue weighted by Gasteiger charge is 2.12. The van der Waals surface area contributed by atoms with Gasteiger partial charge in [0, 0.05) is 23.2 Å². The van der Waals surface area contributed by atoms with Crippen LogP contribution in [0, 0.1) is 0 Å². The third kappa shape index (κ3) is 4.25. The van der Waals surface area contributed by atoms with E-state index in [1.54, 1.807) is 30.5 Å². The Morgan fingerprint density at radius 3 is 2.62 bits per heavy atom. The van der Waals surface area contributed by atoms with Crippen molar-refractivity contribution in [1.82, 2.24) is 10.3 Å². The number of nitrogens with one attached hydrogen (secondary N) is 1. The van der Waals surface area contributed by atoms with Crippen LogP contribution in [0.3, 0.4) is 0 Å². The Hall–Kier alpha value is -2.47. The molecule has 2 N–H and O–H groups in total. The molecule has 21 heavy (non-hydrogen) atoms. The first-order valence-electron chi connectivity index (χ1n) is 6.27. The van der Waals surface area contributed by atoms with Gasteiger partial charge in [-0.05, 0) is 30.7 Å². The van der Waals surface area contributed by atoms with E-state index in [0.29, 0.717) is 5.56 Å². The van der Waals surface area contributed by atoms with Crippen LogP contribution in [0.25, 0.3) is 6.08 Å². The van der Waals surface area contributed by atoms with Crippen molar-refractivity contribution in [2.45, 2.75) is 13.0 Å². The molecule has 1 atom stereocenters. The quantitative estimate of drug-likeness (QED) is 0.832. The van der Waals surface area contributed by atoms with E-state index in [4.69, 9.17) is 5.11 Å². The molecule has 108 valence electrons. The molecule has 1 aromatic carbocycles. The Bertz CT molecular complexity index is 648. The summed E-state index contributed by atoms with van der Waals surface area (Å²) in [6, 6.07) is 6.56. The molecule has 2 rings (SSSR count). The highest BCUT2D eigenvalue weighted by molar-refractivity contribution is 7.09. The molecule has 0 aliphatic heterocycles. The average molecular weight is 302 g/mol. The SMILES string of the molecule is CC(NC(=O)c1ccc(C=CC(=O)O)cc1)c1nccs1. The minimum absolute atomic E-state index is 0.149. The molecule has 0 bridgehead atoms. The molecule has 5 nitrogen and oxygen atoms in total. The van der Waals surface area contributed by atoms with Crippen LogP contribution in [-0.4, -0.2) is 22.0 Å². The number of rotatable bonds is 5. The van der Waals surface area contributed by atoms with E-state index in [2.05, 4.69) is 10.3 Å². The fourth-order valence-electron chi connectivity index (χ4n) is 1.70. The zero-order valence-electron chi connectivity index (χ0n) is 11.3. The van der Waals surface area contributed by atoms with Crippen molar-refractivity contribution >= 4 is 29.3 Å². The number of carbonyl (C=O) groups excluding carboxylic acids is 1. The van der Waals surface area contributed by atoms with Crippen LogP contribution in [0.5, 0.6) is 0 Å². The Morgan fingerprint density at radius 2 is 2.05 bits per heavy atom. The molecule has 2 aromatic rings. The van der Waals surface area contributed by atoms with Crippen LogP contribution in [0.2, 0.25) is 0 Å². The fourth-order valence-corrected chi connectivity index (χ4v) is 2.35. The van der Waals surface area contributed by atoms with Gasteiger partial charge >= 0.3 is 5.97 Å². The van der Waals surface area contributed by atoms with E-state index in [0.717, 1.165) is 16.6 Å². The van der Waals surface area contributed by atoms with Gasteiger partial charge in [0.2, 0.25) is 0 Å². The van der Waals surface area contributed by atoms with Gasteiger partial charge in [-0.15, -0.1) is 11.3 Å². The number of hydrogen-bond acceptors (Lipinski definition) is 4. The number of carboxylic acids is 1. The zero-order chi connectivity index (χ0) is 15.2. The Labute approximate surface area is 126 Å². The van der Waals surface area contributed by atoms with Crippen LogP contribution >= 0.6 is 11.3 Å². The van der Waals surface area contributed by atoms with Crippen LogP contribution in [0.1, 0.15) is 33.9 Å². The third-order valence-electron chi connectivity index (χ3n) is 2.76. The Kier molecular flexibility index (Phi) is 4.84. The summed E-state index contributed by atoms with van der Waals surface area (Å²) in [6.07, 6.45) is 4.23.